The summed E-state index contributed by atoms with van der Waals surface area (Å²) < 4.78 is 5.00. The number of hydrogen-bond donors (Lipinski definition) is 1. The molecule has 1 N–H and O–H groups in total. The van der Waals surface area contributed by atoms with E-state index in [-0.39, 0.29) is 28.8 Å². The monoisotopic (exact) mass is 431 g/mol. The van der Waals surface area contributed by atoms with Crippen LogP contribution in [0.5, 0.6) is 0 Å². The van der Waals surface area contributed by atoms with Crippen LogP contribution in [0, 0.1) is 0 Å². The molecule has 1 saturated heterocycles. The number of thiazole rings is 1. The van der Waals surface area contributed by atoms with Crippen LogP contribution in [-0.2, 0) is 9.53 Å². The molecule has 0 spiro atoms. The fourth-order valence-corrected chi connectivity index (χ4v) is 5.38. The summed E-state index contributed by atoms with van der Waals surface area (Å²) in [6.07, 6.45) is 1.68. The van der Waals surface area contributed by atoms with Gasteiger partial charge >= 0.3 is 5.97 Å². The van der Waals surface area contributed by atoms with Gasteiger partial charge in [0, 0.05) is 22.4 Å². The van der Waals surface area contributed by atoms with Crippen molar-refractivity contribution in [2.24, 2.45) is 0 Å². The highest BCUT2D eigenvalue weighted by molar-refractivity contribution is 8.00. The van der Waals surface area contributed by atoms with Crippen LogP contribution >= 0.6 is 23.1 Å². The lowest BCUT2D eigenvalue weighted by Gasteiger charge is -2.25. The molecule has 2 amide bonds. The van der Waals surface area contributed by atoms with Crippen molar-refractivity contribution >= 4 is 46.6 Å². The van der Waals surface area contributed by atoms with Crippen LogP contribution < -0.4 is 5.32 Å². The number of hydrogen-bond acceptors (Lipinski definition) is 7. The number of esters is 1. The van der Waals surface area contributed by atoms with Crippen molar-refractivity contribution in [2.45, 2.75) is 42.9 Å². The highest BCUT2D eigenvalue weighted by Crippen LogP contribution is 2.38. The van der Waals surface area contributed by atoms with E-state index in [1.165, 1.54) is 23.1 Å². The van der Waals surface area contributed by atoms with Crippen molar-refractivity contribution in [1.82, 2.24) is 9.88 Å². The Labute approximate surface area is 176 Å². The lowest BCUT2D eigenvalue weighted by atomic mass is 10.1. The summed E-state index contributed by atoms with van der Waals surface area (Å²) in [5, 5.41) is 5.15. The second kappa shape index (κ2) is 8.16. The smallest absolute Gasteiger partial charge is 0.357 e. The van der Waals surface area contributed by atoms with Crippen LogP contribution in [-0.4, -0.2) is 46.1 Å². The first-order valence-corrected chi connectivity index (χ1v) is 11.3. The van der Waals surface area contributed by atoms with E-state index >= 15 is 0 Å². The van der Waals surface area contributed by atoms with Crippen LogP contribution in [0.2, 0.25) is 0 Å². The molecule has 4 rings (SSSR count). The molecule has 9 heteroatoms. The Kier molecular flexibility index (Phi) is 5.60. The van der Waals surface area contributed by atoms with Crippen molar-refractivity contribution in [2.75, 3.05) is 18.5 Å². The van der Waals surface area contributed by atoms with Gasteiger partial charge in [-0.15, -0.1) is 23.1 Å². The Hall–Kier alpha value is -2.39. The maximum atomic E-state index is 13.2. The molecule has 2 atom stereocenters. The number of aromatic nitrogens is 1. The molecular formula is C20H21N3O4S2. The molecule has 0 aliphatic carbocycles. The highest BCUT2D eigenvalue weighted by Gasteiger charge is 2.34. The number of likely N-dealkylation sites (tertiary alicyclic amines) is 1. The van der Waals surface area contributed by atoms with Gasteiger partial charge in [0.1, 0.15) is 5.01 Å². The molecule has 2 aliphatic heterocycles. The van der Waals surface area contributed by atoms with E-state index in [1.807, 2.05) is 13.0 Å². The number of carbonyl (C=O) groups excluding carboxylic acids is 3. The summed E-state index contributed by atoms with van der Waals surface area (Å²) in [4.78, 5) is 44.2. The van der Waals surface area contributed by atoms with Gasteiger partial charge in [-0.25, -0.2) is 9.78 Å². The lowest BCUT2D eigenvalue weighted by Crippen LogP contribution is -2.31. The Morgan fingerprint density at radius 1 is 1.38 bits per heavy atom. The number of thioether (sulfide) groups is 1. The van der Waals surface area contributed by atoms with Gasteiger partial charge in [-0.2, -0.15) is 0 Å². The molecule has 7 nitrogen and oxygen atoms in total. The number of amides is 2. The summed E-state index contributed by atoms with van der Waals surface area (Å²) in [6, 6.07) is 5.28. The van der Waals surface area contributed by atoms with E-state index in [0.29, 0.717) is 24.4 Å². The minimum Gasteiger partial charge on any atom is -0.461 e. The zero-order chi connectivity index (χ0) is 20.5. The SMILES string of the molecule is CCOC(=O)c1csc([C@H]2CCCN2C(=O)c2ccc3c(c2)NC(=O)[C@H](C)S3)n1. The molecule has 3 heterocycles. The first-order valence-electron chi connectivity index (χ1n) is 9.53. The number of benzene rings is 1. The molecule has 0 saturated carbocycles. The van der Waals surface area contributed by atoms with Crippen LogP contribution in [0.1, 0.15) is 58.6 Å². The first-order chi connectivity index (χ1) is 14.0. The fraction of sp³-hybridized carbons (Fsp3) is 0.400. The second-order valence-corrected chi connectivity index (χ2v) is 9.18. The van der Waals surface area contributed by atoms with Crippen molar-refractivity contribution < 1.29 is 19.1 Å². The Bertz CT molecular complexity index is 974. The molecular weight excluding hydrogens is 410 g/mol. The standard InChI is InChI=1S/C20H21N3O4S2/c1-3-27-20(26)14-10-28-18(22-14)15-5-4-8-23(15)19(25)12-6-7-16-13(9-12)21-17(24)11(2)29-16/h6-7,9-11,15H,3-5,8H2,1-2H3,(H,21,24)/t11-,15+/m0/s1. The number of nitrogens with zero attached hydrogens (tertiary/aromatic N) is 2. The lowest BCUT2D eigenvalue weighted by molar-refractivity contribution is -0.115. The van der Waals surface area contributed by atoms with Crippen LogP contribution in [0.3, 0.4) is 0 Å². The summed E-state index contributed by atoms with van der Waals surface area (Å²) in [6.45, 7) is 4.54. The van der Waals surface area contributed by atoms with Gasteiger partial charge in [0.2, 0.25) is 5.91 Å². The number of carbonyl (C=O) groups is 3. The van der Waals surface area contributed by atoms with Gasteiger partial charge in [0.15, 0.2) is 5.69 Å². The average molecular weight is 432 g/mol. The van der Waals surface area contributed by atoms with E-state index in [4.69, 9.17) is 4.74 Å². The summed E-state index contributed by atoms with van der Waals surface area (Å²) in [5.41, 5.74) is 1.50. The predicted molar refractivity (Wildman–Crippen MR) is 111 cm³/mol. The van der Waals surface area contributed by atoms with Crippen LogP contribution in [0.15, 0.2) is 28.5 Å². The van der Waals surface area contributed by atoms with E-state index < -0.39 is 5.97 Å². The van der Waals surface area contributed by atoms with Crippen molar-refractivity contribution in [1.29, 1.82) is 0 Å². The Balaban J connectivity index is 1.55. The van der Waals surface area contributed by atoms with Gasteiger partial charge in [0.25, 0.3) is 5.91 Å². The summed E-state index contributed by atoms with van der Waals surface area (Å²) in [7, 11) is 0. The quantitative estimate of drug-likeness (QED) is 0.742. The zero-order valence-electron chi connectivity index (χ0n) is 16.1. The van der Waals surface area contributed by atoms with Crippen molar-refractivity contribution in [3.63, 3.8) is 0 Å². The fourth-order valence-electron chi connectivity index (χ4n) is 3.51. The van der Waals surface area contributed by atoms with Crippen LogP contribution in [0.25, 0.3) is 0 Å². The average Bonchev–Trinajstić information content (AvgIpc) is 3.37. The Morgan fingerprint density at radius 3 is 3.00 bits per heavy atom. The van der Waals surface area contributed by atoms with Crippen molar-refractivity contribution in [3.8, 4) is 0 Å². The van der Waals surface area contributed by atoms with Crippen molar-refractivity contribution in [3.05, 3.63) is 39.8 Å². The number of anilines is 1. The maximum Gasteiger partial charge on any atom is 0.357 e. The third-order valence-electron chi connectivity index (χ3n) is 4.96. The molecule has 29 heavy (non-hydrogen) atoms. The molecule has 0 unspecified atom stereocenters. The van der Waals surface area contributed by atoms with Gasteiger partial charge in [-0.1, -0.05) is 0 Å². The summed E-state index contributed by atoms with van der Waals surface area (Å²) >= 11 is 2.86. The second-order valence-electron chi connectivity index (χ2n) is 6.91. The Morgan fingerprint density at radius 2 is 2.21 bits per heavy atom. The molecule has 1 aromatic heterocycles. The van der Waals surface area contributed by atoms with E-state index in [2.05, 4.69) is 10.3 Å². The number of nitrogens with one attached hydrogen (secondary N) is 1. The maximum absolute atomic E-state index is 13.2. The molecule has 152 valence electrons. The molecule has 2 aliphatic rings. The molecule has 1 fully saturated rings. The van der Waals surface area contributed by atoms with E-state index in [0.717, 1.165) is 22.7 Å². The van der Waals surface area contributed by atoms with Crippen LogP contribution in [0.4, 0.5) is 5.69 Å². The highest BCUT2D eigenvalue weighted by atomic mass is 32.2. The number of rotatable bonds is 4. The summed E-state index contributed by atoms with van der Waals surface area (Å²) in [5.74, 6) is -0.593. The topological polar surface area (TPSA) is 88.6 Å². The molecule has 0 radical (unpaired) electrons. The molecule has 1 aromatic carbocycles. The largest absolute Gasteiger partial charge is 0.461 e. The zero-order valence-corrected chi connectivity index (χ0v) is 17.8. The number of fused-ring (bicyclic) bond motifs is 1. The third-order valence-corrected chi connectivity index (χ3v) is 7.09. The third kappa shape index (κ3) is 3.89. The molecule has 2 aromatic rings. The van der Waals surface area contributed by atoms with Gasteiger partial charge in [-0.3, -0.25) is 9.59 Å². The minimum atomic E-state index is -0.442. The first kappa shape index (κ1) is 19.9. The normalized spacial score (nSPS) is 20.9. The van der Waals surface area contributed by atoms with Gasteiger partial charge in [-0.05, 0) is 44.9 Å². The van der Waals surface area contributed by atoms with E-state index in [9.17, 15) is 14.4 Å². The minimum absolute atomic E-state index is 0.0552. The molecule has 0 bridgehead atoms. The predicted octanol–water partition coefficient (Wildman–Crippen LogP) is 3.73. The van der Waals surface area contributed by atoms with E-state index in [1.54, 1.807) is 29.3 Å². The van der Waals surface area contributed by atoms with Gasteiger partial charge in [0.05, 0.1) is 23.6 Å². The number of ether oxygens (including phenoxy) is 1. The van der Waals surface area contributed by atoms with Gasteiger partial charge < -0.3 is 15.0 Å².